The highest BCUT2D eigenvalue weighted by Gasteiger charge is 2.16. The predicted octanol–water partition coefficient (Wildman–Crippen LogP) is 2.16. The molecule has 1 atom stereocenters. The molecule has 0 aliphatic heterocycles. The minimum Gasteiger partial charge on any atom is -0.491 e. The molecule has 1 unspecified atom stereocenters. The monoisotopic (exact) mass is 432 g/mol. The van der Waals surface area contributed by atoms with Crippen LogP contribution in [0.5, 0.6) is 5.75 Å². The number of pyridine rings is 2. The Bertz CT molecular complexity index is 1260. The molecule has 0 saturated heterocycles. The number of hydrogen-bond acceptors (Lipinski definition) is 7. The van der Waals surface area contributed by atoms with Crippen molar-refractivity contribution in [1.29, 1.82) is 0 Å². The smallest absolute Gasteiger partial charge is 0.253 e. The topological polar surface area (TPSA) is 128 Å². The maximum atomic E-state index is 12.8. The van der Waals surface area contributed by atoms with Gasteiger partial charge in [-0.25, -0.2) is 4.52 Å². The molecule has 4 rings (SSSR count). The molecule has 0 fully saturated rings. The van der Waals surface area contributed by atoms with E-state index in [1.807, 2.05) is 37.3 Å². The minimum atomic E-state index is -0.849. The third kappa shape index (κ3) is 4.68. The van der Waals surface area contributed by atoms with Crippen LogP contribution in [0.15, 0.2) is 54.7 Å². The average Bonchev–Trinajstić information content (AvgIpc) is 3.16. The number of aryl methyl sites for hydroxylation is 2. The van der Waals surface area contributed by atoms with E-state index in [9.17, 15) is 9.90 Å². The van der Waals surface area contributed by atoms with Crippen LogP contribution in [-0.4, -0.2) is 49.9 Å². The third-order valence-corrected chi connectivity index (χ3v) is 5.00. The van der Waals surface area contributed by atoms with E-state index in [-0.39, 0.29) is 25.0 Å². The Morgan fingerprint density at radius 2 is 1.94 bits per heavy atom. The fourth-order valence-corrected chi connectivity index (χ4v) is 3.39. The van der Waals surface area contributed by atoms with Crippen LogP contribution in [0.1, 0.15) is 21.7 Å². The fraction of sp³-hybridized carbons (Fsp3) is 0.217. The Balaban J connectivity index is 1.47. The van der Waals surface area contributed by atoms with Crippen molar-refractivity contribution in [2.45, 2.75) is 20.0 Å². The van der Waals surface area contributed by atoms with Crippen LogP contribution in [0.2, 0.25) is 0 Å². The van der Waals surface area contributed by atoms with E-state index in [2.05, 4.69) is 20.4 Å². The molecule has 32 heavy (non-hydrogen) atoms. The Hall–Kier alpha value is -3.98. The van der Waals surface area contributed by atoms with Crippen LogP contribution < -0.4 is 15.8 Å². The van der Waals surface area contributed by atoms with Gasteiger partial charge >= 0.3 is 0 Å². The molecule has 4 aromatic rings. The largest absolute Gasteiger partial charge is 0.491 e. The van der Waals surface area contributed by atoms with E-state index in [0.29, 0.717) is 22.7 Å². The molecular formula is C23H24N6O3. The highest BCUT2D eigenvalue weighted by molar-refractivity contribution is 5.96. The molecule has 3 heterocycles. The van der Waals surface area contributed by atoms with Crippen molar-refractivity contribution in [2.24, 2.45) is 0 Å². The number of nitrogens with one attached hydrogen (secondary N) is 1. The highest BCUT2D eigenvalue weighted by atomic mass is 16.5. The standard InChI is InChI=1S/C23H24N6O3/c1-14-19(16-8-9-29-21(10-16)27-23(24)28-29)11-20(15(2)26-14)22(31)25-12-17(30)13-32-18-6-4-3-5-7-18/h3-11,17,30H,12-13H2,1-2H3,(H2,24,28)(H,25,31). The van der Waals surface area contributed by atoms with Gasteiger partial charge in [-0.15, -0.1) is 5.10 Å². The summed E-state index contributed by atoms with van der Waals surface area (Å²) in [6, 6.07) is 14.7. The first kappa shape index (κ1) is 21.3. The number of nitrogens with two attached hydrogens (primary N) is 1. The second-order valence-corrected chi connectivity index (χ2v) is 7.43. The Labute approximate surface area is 184 Å². The number of aliphatic hydroxyl groups excluding tert-OH is 1. The van der Waals surface area contributed by atoms with Gasteiger partial charge in [0.2, 0.25) is 5.95 Å². The first-order valence-corrected chi connectivity index (χ1v) is 10.2. The number of hydrogen-bond donors (Lipinski definition) is 3. The number of amides is 1. The number of carbonyl (C=O) groups excluding carboxylic acids is 1. The maximum absolute atomic E-state index is 12.8. The predicted molar refractivity (Wildman–Crippen MR) is 120 cm³/mol. The first-order valence-electron chi connectivity index (χ1n) is 10.2. The number of fused-ring (bicyclic) bond motifs is 1. The average molecular weight is 432 g/mol. The number of rotatable bonds is 7. The van der Waals surface area contributed by atoms with Crippen molar-refractivity contribution in [3.05, 3.63) is 71.7 Å². The molecular weight excluding hydrogens is 408 g/mol. The molecule has 0 aliphatic rings. The molecule has 0 bridgehead atoms. The van der Waals surface area contributed by atoms with Gasteiger partial charge in [0, 0.05) is 24.0 Å². The van der Waals surface area contributed by atoms with Crippen LogP contribution >= 0.6 is 0 Å². The number of ether oxygens (including phenoxy) is 1. The Kier molecular flexibility index (Phi) is 6.00. The minimum absolute atomic E-state index is 0.0549. The van der Waals surface area contributed by atoms with Crippen molar-refractivity contribution in [3.63, 3.8) is 0 Å². The van der Waals surface area contributed by atoms with Crippen LogP contribution in [0.25, 0.3) is 16.8 Å². The zero-order valence-electron chi connectivity index (χ0n) is 17.8. The van der Waals surface area contributed by atoms with E-state index >= 15 is 0 Å². The van der Waals surface area contributed by atoms with Gasteiger partial charge in [-0.1, -0.05) is 18.2 Å². The Morgan fingerprint density at radius 3 is 2.72 bits per heavy atom. The zero-order valence-corrected chi connectivity index (χ0v) is 17.8. The van der Waals surface area contributed by atoms with Crippen LogP contribution in [0, 0.1) is 13.8 Å². The summed E-state index contributed by atoms with van der Waals surface area (Å²) in [5.74, 6) is 0.533. The molecule has 0 spiro atoms. The quantitative estimate of drug-likeness (QED) is 0.408. The van der Waals surface area contributed by atoms with Gasteiger partial charge in [0.05, 0.1) is 11.3 Å². The number of anilines is 1. The van der Waals surface area contributed by atoms with Crippen molar-refractivity contribution in [3.8, 4) is 16.9 Å². The third-order valence-electron chi connectivity index (χ3n) is 5.00. The molecule has 0 radical (unpaired) electrons. The second kappa shape index (κ2) is 9.03. The van der Waals surface area contributed by atoms with Crippen molar-refractivity contribution < 1.29 is 14.6 Å². The summed E-state index contributed by atoms with van der Waals surface area (Å²) < 4.78 is 7.11. The maximum Gasteiger partial charge on any atom is 0.253 e. The lowest BCUT2D eigenvalue weighted by atomic mass is 10.0. The van der Waals surface area contributed by atoms with Gasteiger partial charge < -0.3 is 20.9 Å². The molecule has 1 amide bonds. The molecule has 0 saturated carbocycles. The van der Waals surface area contributed by atoms with Crippen LogP contribution in [0.4, 0.5) is 5.95 Å². The van der Waals surface area contributed by atoms with E-state index in [1.54, 1.807) is 35.8 Å². The number of carbonyl (C=O) groups is 1. The lowest BCUT2D eigenvalue weighted by Gasteiger charge is -2.15. The van der Waals surface area contributed by atoms with Crippen LogP contribution in [-0.2, 0) is 0 Å². The number of nitrogen functional groups attached to an aromatic ring is 1. The molecule has 9 nitrogen and oxygen atoms in total. The number of para-hydroxylation sites is 1. The van der Waals surface area contributed by atoms with Crippen molar-refractivity contribution in [2.75, 3.05) is 18.9 Å². The van der Waals surface area contributed by atoms with Crippen molar-refractivity contribution >= 4 is 17.5 Å². The molecule has 9 heteroatoms. The molecule has 4 N–H and O–H groups in total. The van der Waals surface area contributed by atoms with Gasteiger partial charge in [-0.05, 0) is 49.7 Å². The van der Waals surface area contributed by atoms with Gasteiger partial charge in [0.1, 0.15) is 18.5 Å². The summed E-state index contributed by atoms with van der Waals surface area (Å²) in [6.45, 7) is 3.79. The normalized spacial score (nSPS) is 12.0. The molecule has 3 aromatic heterocycles. The summed E-state index contributed by atoms with van der Waals surface area (Å²) in [7, 11) is 0. The number of aliphatic hydroxyl groups is 1. The van der Waals surface area contributed by atoms with E-state index in [4.69, 9.17) is 10.5 Å². The van der Waals surface area contributed by atoms with Gasteiger partial charge in [0.15, 0.2) is 5.65 Å². The number of nitrogens with zero attached hydrogens (tertiary/aromatic N) is 4. The molecule has 164 valence electrons. The lowest BCUT2D eigenvalue weighted by molar-refractivity contribution is 0.0843. The molecule has 1 aromatic carbocycles. The first-order chi connectivity index (χ1) is 15.4. The molecule has 0 aliphatic carbocycles. The summed E-state index contributed by atoms with van der Waals surface area (Å²) in [6.07, 6.45) is 0.911. The van der Waals surface area contributed by atoms with Crippen molar-refractivity contribution in [1.82, 2.24) is 24.9 Å². The van der Waals surface area contributed by atoms with Gasteiger partial charge in [-0.3, -0.25) is 9.78 Å². The summed E-state index contributed by atoms with van der Waals surface area (Å²) in [4.78, 5) is 21.5. The van der Waals surface area contributed by atoms with Gasteiger partial charge in [0.25, 0.3) is 5.91 Å². The zero-order chi connectivity index (χ0) is 22.7. The fourth-order valence-electron chi connectivity index (χ4n) is 3.39. The summed E-state index contributed by atoms with van der Waals surface area (Å²) >= 11 is 0. The second-order valence-electron chi connectivity index (χ2n) is 7.43. The summed E-state index contributed by atoms with van der Waals surface area (Å²) in [5.41, 5.74) is 9.74. The number of aromatic nitrogens is 4. The SMILES string of the molecule is Cc1nc(C)c(-c2ccn3nc(N)nc3c2)cc1C(=O)NCC(O)COc1ccccc1. The summed E-state index contributed by atoms with van der Waals surface area (Å²) in [5, 5.41) is 17.0. The number of benzene rings is 1. The van der Waals surface area contributed by atoms with E-state index in [1.165, 1.54) is 0 Å². The Morgan fingerprint density at radius 1 is 1.16 bits per heavy atom. The van der Waals surface area contributed by atoms with E-state index in [0.717, 1.165) is 16.8 Å². The van der Waals surface area contributed by atoms with Crippen LogP contribution in [0.3, 0.4) is 0 Å². The lowest BCUT2D eigenvalue weighted by Crippen LogP contribution is -2.35. The highest BCUT2D eigenvalue weighted by Crippen LogP contribution is 2.25. The van der Waals surface area contributed by atoms with E-state index < -0.39 is 6.10 Å². The van der Waals surface area contributed by atoms with Gasteiger partial charge in [-0.2, -0.15) is 4.98 Å².